The zero-order chi connectivity index (χ0) is 23.7. The van der Waals surface area contributed by atoms with Gasteiger partial charge in [0.2, 0.25) is 5.91 Å². The van der Waals surface area contributed by atoms with E-state index in [9.17, 15) is 22.4 Å². The summed E-state index contributed by atoms with van der Waals surface area (Å²) in [6.07, 6.45) is 6.51. The highest BCUT2D eigenvalue weighted by Crippen LogP contribution is 2.69. The minimum absolute atomic E-state index is 0.0242. The van der Waals surface area contributed by atoms with Crippen LogP contribution in [0.2, 0.25) is 5.02 Å². The standard InChI is InChI=1S/C23H23ClFN3O4S/c1-33(31,32)16-6-14(10-27-11-16)22(30)28-19(21(26)29)8-15-9-23(15,28)20(12-2-3-12)13-4-5-17(24)18(25)7-13/h4-7,10-12,15,19-20H,2-3,8-9H2,1H3,(H2,26,29)/t15?,19?,20-,23?/m1/s1. The van der Waals surface area contributed by atoms with Crippen molar-refractivity contribution in [3.05, 3.63) is 58.6 Å². The molecular weight excluding hydrogens is 469 g/mol. The fourth-order valence-electron chi connectivity index (χ4n) is 5.67. The summed E-state index contributed by atoms with van der Waals surface area (Å²) in [6.45, 7) is 0. The second kappa shape index (κ2) is 7.50. The Labute approximate surface area is 196 Å². The molecule has 10 heteroatoms. The number of benzene rings is 1. The molecule has 174 valence electrons. The molecule has 2 N–H and O–H groups in total. The van der Waals surface area contributed by atoms with Gasteiger partial charge in [-0.15, -0.1) is 0 Å². The van der Waals surface area contributed by atoms with Gasteiger partial charge in [-0.1, -0.05) is 17.7 Å². The third-order valence-corrected chi connectivity index (χ3v) is 8.64. The Kier molecular flexibility index (Phi) is 5.06. The number of hydrogen-bond acceptors (Lipinski definition) is 5. The number of rotatable bonds is 6. The number of carbonyl (C=O) groups excluding carboxylic acids is 2. The van der Waals surface area contributed by atoms with E-state index >= 15 is 0 Å². The minimum atomic E-state index is -3.58. The highest BCUT2D eigenvalue weighted by atomic mass is 35.5. The molecule has 3 unspecified atom stereocenters. The summed E-state index contributed by atoms with van der Waals surface area (Å²) in [7, 11) is -3.58. The molecule has 2 heterocycles. The molecule has 0 bridgehead atoms. The minimum Gasteiger partial charge on any atom is -0.368 e. The number of fused-ring (bicyclic) bond motifs is 1. The van der Waals surface area contributed by atoms with Crippen LogP contribution < -0.4 is 5.73 Å². The summed E-state index contributed by atoms with van der Waals surface area (Å²) in [5.41, 5.74) is 5.84. The number of carbonyl (C=O) groups is 2. The topological polar surface area (TPSA) is 110 Å². The van der Waals surface area contributed by atoms with Gasteiger partial charge in [0.05, 0.1) is 21.0 Å². The van der Waals surface area contributed by atoms with E-state index in [0.29, 0.717) is 12.8 Å². The molecule has 2 amide bonds. The molecule has 4 atom stereocenters. The number of nitrogens with two attached hydrogens (primary N) is 1. The van der Waals surface area contributed by atoms with Crippen LogP contribution in [0.5, 0.6) is 0 Å². The molecule has 2 saturated carbocycles. The molecule has 1 aromatic heterocycles. The van der Waals surface area contributed by atoms with Crippen LogP contribution in [0.1, 0.15) is 47.5 Å². The number of halogens is 2. The zero-order valence-electron chi connectivity index (χ0n) is 17.9. The molecular formula is C23H23ClFN3O4S. The van der Waals surface area contributed by atoms with E-state index < -0.39 is 39.0 Å². The monoisotopic (exact) mass is 491 g/mol. The smallest absolute Gasteiger partial charge is 0.256 e. The van der Waals surface area contributed by atoms with Gasteiger partial charge >= 0.3 is 0 Å². The Morgan fingerprint density at radius 1 is 1.27 bits per heavy atom. The normalized spacial score (nSPS) is 27.2. The van der Waals surface area contributed by atoms with Gasteiger partial charge in [0.25, 0.3) is 5.91 Å². The van der Waals surface area contributed by atoms with E-state index in [4.69, 9.17) is 17.3 Å². The Hall–Kier alpha value is -2.52. The molecule has 1 saturated heterocycles. The molecule has 1 aromatic carbocycles. The number of piperidine rings is 1. The van der Waals surface area contributed by atoms with Crippen LogP contribution in [0, 0.1) is 17.7 Å². The van der Waals surface area contributed by atoms with Crippen LogP contribution in [0.25, 0.3) is 0 Å². The molecule has 33 heavy (non-hydrogen) atoms. The highest BCUT2D eigenvalue weighted by molar-refractivity contribution is 7.90. The van der Waals surface area contributed by atoms with Gasteiger partial charge in [-0.2, -0.15) is 0 Å². The van der Waals surface area contributed by atoms with Gasteiger partial charge in [-0.05, 0) is 61.3 Å². The average molecular weight is 492 g/mol. The summed E-state index contributed by atoms with van der Waals surface area (Å²) in [6, 6.07) is 5.17. The van der Waals surface area contributed by atoms with Gasteiger partial charge in [0, 0.05) is 24.6 Å². The third-order valence-electron chi connectivity index (χ3n) is 7.26. The molecule has 5 rings (SSSR count). The molecule has 2 aromatic rings. The van der Waals surface area contributed by atoms with Crippen LogP contribution in [0.15, 0.2) is 41.6 Å². The van der Waals surface area contributed by atoms with Gasteiger partial charge in [-0.25, -0.2) is 12.8 Å². The van der Waals surface area contributed by atoms with Crippen molar-refractivity contribution in [1.29, 1.82) is 0 Å². The van der Waals surface area contributed by atoms with Gasteiger partial charge in [0.15, 0.2) is 9.84 Å². The second-order valence-electron chi connectivity index (χ2n) is 9.39. The SMILES string of the molecule is CS(=O)(=O)c1cncc(C(=O)N2C(C(N)=O)CC3CC32[C@@H](c2ccc(Cl)c(F)c2)C2CC2)c1. The van der Waals surface area contributed by atoms with Crippen molar-refractivity contribution in [2.24, 2.45) is 17.6 Å². The van der Waals surface area contributed by atoms with Gasteiger partial charge < -0.3 is 10.6 Å². The maximum atomic E-state index is 14.4. The van der Waals surface area contributed by atoms with Crippen molar-refractivity contribution in [3.8, 4) is 0 Å². The number of nitrogens with zero attached hydrogens (tertiary/aromatic N) is 2. The predicted molar refractivity (Wildman–Crippen MR) is 119 cm³/mol. The average Bonchev–Trinajstić information content (AvgIpc) is 3.68. The number of amides is 2. The van der Waals surface area contributed by atoms with Gasteiger partial charge in [0.1, 0.15) is 11.9 Å². The number of pyridine rings is 1. The summed E-state index contributed by atoms with van der Waals surface area (Å²) in [5.74, 6) is -1.50. The van der Waals surface area contributed by atoms with Crippen LogP contribution in [0.3, 0.4) is 0 Å². The molecule has 0 spiro atoms. The number of hydrogen-bond donors (Lipinski definition) is 1. The molecule has 2 aliphatic carbocycles. The van der Waals surface area contributed by atoms with Crippen LogP contribution in [0.4, 0.5) is 4.39 Å². The van der Waals surface area contributed by atoms with Crippen molar-refractivity contribution in [2.75, 3.05) is 6.26 Å². The van der Waals surface area contributed by atoms with Crippen molar-refractivity contribution in [2.45, 2.75) is 48.1 Å². The summed E-state index contributed by atoms with van der Waals surface area (Å²) >= 11 is 5.90. The zero-order valence-corrected chi connectivity index (χ0v) is 19.4. The maximum Gasteiger partial charge on any atom is 0.256 e. The Morgan fingerprint density at radius 2 is 2.00 bits per heavy atom. The number of aromatic nitrogens is 1. The molecule has 7 nitrogen and oxygen atoms in total. The first-order valence-corrected chi connectivity index (χ1v) is 13.0. The Bertz CT molecular complexity index is 1280. The molecule has 0 radical (unpaired) electrons. The van der Waals surface area contributed by atoms with Gasteiger partial charge in [-0.3, -0.25) is 14.6 Å². The number of sulfone groups is 1. The Balaban J connectivity index is 1.60. The molecule has 3 aliphatic rings. The lowest BCUT2D eigenvalue weighted by atomic mass is 9.83. The summed E-state index contributed by atoms with van der Waals surface area (Å²) < 4.78 is 38.4. The Morgan fingerprint density at radius 3 is 2.61 bits per heavy atom. The van der Waals surface area contributed by atoms with Crippen molar-refractivity contribution < 1.29 is 22.4 Å². The first-order chi connectivity index (χ1) is 15.5. The fraction of sp³-hybridized carbons (Fsp3) is 0.435. The largest absolute Gasteiger partial charge is 0.368 e. The lowest BCUT2D eigenvalue weighted by Gasteiger charge is -2.38. The quantitative estimate of drug-likeness (QED) is 0.668. The lowest BCUT2D eigenvalue weighted by molar-refractivity contribution is -0.122. The van der Waals surface area contributed by atoms with Crippen molar-refractivity contribution in [3.63, 3.8) is 0 Å². The van der Waals surface area contributed by atoms with E-state index in [2.05, 4.69) is 4.98 Å². The molecule has 3 fully saturated rings. The number of primary amides is 1. The maximum absolute atomic E-state index is 14.4. The van der Waals surface area contributed by atoms with E-state index in [0.717, 1.165) is 24.7 Å². The lowest BCUT2D eigenvalue weighted by Crippen LogP contribution is -2.53. The van der Waals surface area contributed by atoms with Crippen molar-refractivity contribution in [1.82, 2.24) is 9.88 Å². The first-order valence-electron chi connectivity index (χ1n) is 10.8. The predicted octanol–water partition coefficient (Wildman–Crippen LogP) is 2.93. The number of likely N-dealkylation sites (tertiary alicyclic amines) is 1. The summed E-state index contributed by atoms with van der Waals surface area (Å²) in [4.78, 5) is 31.5. The van der Waals surface area contributed by atoms with Crippen LogP contribution in [-0.4, -0.2) is 48.0 Å². The van der Waals surface area contributed by atoms with E-state index in [1.165, 1.54) is 30.6 Å². The summed E-state index contributed by atoms with van der Waals surface area (Å²) in [5, 5.41) is 0.0242. The van der Waals surface area contributed by atoms with E-state index in [1.807, 2.05) is 0 Å². The van der Waals surface area contributed by atoms with E-state index in [-0.39, 0.29) is 33.2 Å². The van der Waals surface area contributed by atoms with Crippen LogP contribution >= 0.6 is 11.6 Å². The third kappa shape index (κ3) is 3.61. The fourth-order valence-corrected chi connectivity index (χ4v) is 6.38. The van der Waals surface area contributed by atoms with Crippen LogP contribution in [-0.2, 0) is 14.6 Å². The van der Waals surface area contributed by atoms with E-state index in [1.54, 1.807) is 11.0 Å². The second-order valence-corrected chi connectivity index (χ2v) is 11.8. The highest BCUT2D eigenvalue weighted by Gasteiger charge is 2.72. The molecule has 1 aliphatic heterocycles. The first kappa shape index (κ1) is 22.3. The van der Waals surface area contributed by atoms with Crippen molar-refractivity contribution >= 4 is 33.3 Å².